The summed E-state index contributed by atoms with van der Waals surface area (Å²) in [5.74, 6) is 1.13. The van der Waals surface area contributed by atoms with Crippen molar-refractivity contribution in [2.75, 3.05) is 7.11 Å². The van der Waals surface area contributed by atoms with E-state index in [-0.39, 0.29) is 39.0 Å². The first-order valence-corrected chi connectivity index (χ1v) is 13.0. The molecule has 1 N–H and O–H groups in total. The van der Waals surface area contributed by atoms with Gasteiger partial charge in [0, 0.05) is 12.5 Å². The SMILES string of the molecule is COC(=O)[C@]12CCC(C)(C)C[C@H]1C1=CC[C@@H]3[C@@]4(C)CCC(=O)N[C@@H]4CC[C@@]3(C)[C@]1(C)CC2. The highest BCUT2D eigenvalue weighted by Crippen LogP contribution is 2.73. The van der Waals surface area contributed by atoms with E-state index in [1.807, 2.05) is 0 Å². The van der Waals surface area contributed by atoms with Crippen LogP contribution < -0.4 is 5.32 Å². The van der Waals surface area contributed by atoms with Crippen LogP contribution in [0.2, 0.25) is 0 Å². The molecule has 1 aliphatic heterocycles. The molecule has 1 heterocycles. The number of piperidine rings is 1. The Bertz CT molecular complexity index is 876. The molecule has 7 atom stereocenters. The zero-order valence-electron chi connectivity index (χ0n) is 21.1. The maximum Gasteiger partial charge on any atom is 0.312 e. The minimum atomic E-state index is -0.335. The first kappa shape index (κ1) is 22.5. The van der Waals surface area contributed by atoms with Gasteiger partial charge in [-0.15, -0.1) is 0 Å². The Hall–Kier alpha value is -1.32. The molecule has 4 fully saturated rings. The molecule has 0 spiro atoms. The number of nitrogens with one attached hydrogen (secondary N) is 1. The van der Waals surface area contributed by atoms with Gasteiger partial charge in [-0.2, -0.15) is 0 Å². The molecule has 1 saturated heterocycles. The number of hydrogen-bond acceptors (Lipinski definition) is 3. The minimum Gasteiger partial charge on any atom is -0.469 e. The molecule has 0 aromatic carbocycles. The van der Waals surface area contributed by atoms with Gasteiger partial charge in [-0.3, -0.25) is 9.59 Å². The number of rotatable bonds is 1. The van der Waals surface area contributed by atoms with Gasteiger partial charge in [0.25, 0.3) is 0 Å². The first-order chi connectivity index (χ1) is 14.9. The van der Waals surface area contributed by atoms with Crippen LogP contribution in [0.4, 0.5) is 0 Å². The molecule has 5 aliphatic rings. The number of hydrogen-bond donors (Lipinski definition) is 1. The lowest BCUT2D eigenvalue weighted by Gasteiger charge is -2.69. The number of carbonyl (C=O) groups excluding carboxylic acids is 2. The van der Waals surface area contributed by atoms with E-state index in [1.54, 1.807) is 12.7 Å². The summed E-state index contributed by atoms with van der Waals surface area (Å²) < 4.78 is 5.45. The van der Waals surface area contributed by atoms with Crippen molar-refractivity contribution in [1.29, 1.82) is 0 Å². The molecule has 178 valence electrons. The lowest BCUT2D eigenvalue weighted by Crippen LogP contribution is -2.66. The van der Waals surface area contributed by atoms with E-state index in [9.17, 15) is 9.59 Å². The Morgan fingerprint density at radius 3 is 2.47 bits per heavy atom. The van der Waals surface area contributed by atoms with E-state index in [0.717, 1.165) is 57.8 Å². The fourth-order valence-electron chi connectivity index (χ4n) is 9.42. The Balaban J connectivity index is 1.59. The van der Waals surface area contributed by atoms with E-state index in [2.05, 4.69) is 46.0 Å². The number of esters is 1. The summed E-state index contributed by atoms with van der Waals surface area (Å²) >= 11 is 0. The summed E-state index contributed by atoms with van der Waals surface area (Å²) in [7, 11) is 1.58. The van der Waals surface area contributed by atoms with Crippen molar-refractivity contribution in [2.24, 2.45) is 38.9 Å². The van der Waals surface area contributed by atoms with Crippen LogP contribution in [0, 0.1) is 38.9 Å². The normalized spacial score (nSPS) is 49.4. The van der Waals surface area contributed by atoms with Crippen LogP contribution in [-0.4, -0.2) is 25.0 Å². The van der Waals surface area contributed by atoms with Crippen molar-refractivity contribution in [3.63, 3.8) is 0 Å². The monoisotopic (exact) mass is 441 g/mol. The van der Waals surface area contributed by atoms with E-state index in [0.29, 0.717) is 24.3 Å². The van der Waals surface area contributed by atoms with Gasteiger partial charge in [-0.1, -0.05) is 46.3 Å². The lowest BCUT2D eigenvalue weighted by atomic mass is 9.36. The molecule has 0 aromatic heterocycles. The third-order valence-corrected chi connectivity index (χ3v) is 11.7. The number of methoxy groups -OCH3 is 1. The van der Waals surface area contributed by atoms with Crippen molar-refractivity contribution >= 4 is 11.9 Å². The highest BCUT2D eigenvalue weighted by molar-refractivity contribution is 5.79. The van der Waals surface area contributed by atoms with Crippen LogP contribution in [0.3, 0.4) is 0 Å². The average molecular weight is 442 g/mol. The van der Waals surface area contributed by atoms with Gasteiger partial charge in [0.1, 0.15) is 0 Å². The number of carbonyl (C=O) groups is 2. The largest absolute Gasteiger partial charge is 0.469 e. The van der Waals surface area contributed by atoms with E-state index < -0.39 is 0 Å². The lowest BCUT2D eigenvalue weighted by molar-refractivity contribution is -0.175. The zero-order valence-corrected chi connectivity index (χ0v) is 21.1. The molecule has 3 saturated carbocycles. The van der Waals surface area contributed by atoms with Gasteiger partial charge in [0.15, 0.2) is 0 Å². The molecule has 0 radical (unpaired) electrons. The van der Waals surface area contributed by atoms with Gasteiger partial charge in [0.2, 0.25) is 5.91 Å². The second-order valence-corrected chi connectivity index (χ2v) is 13.4. The molecule has 0 bridgehead atoms. The average Bonchev–Trinajstić information content (AvgIpc) is 2.74. The molecular weight excluding hydrogens is 398 g/mol. The van der Waals surface area contributed by atoms with Crippen molar-refractivity contribution in [2.45, 2.75) is 105 Å². The standard InChI is InChI=1S/C28H43NO3/c1-24(2)13-15-28(23(31)32-6)16-14-26(4)18(19(28)17-24)7-8-20-25(3)11-10-22(30)29-21(25)9-12-27(20,26)5/h7,19-21H,8-17H2,1-6H3,(H,29,30)/t19-,20+,21+,25+,26+,27+,28-/m0/s1. The summed E-state index contributed by atoms with van der Waals surface area (Å²) in [6.45, 7) is 12.3. The quantitative estimate of drug-likeness (QED) is 0.413. The second-order valence-electron chi connectivity index (χ2n) is 13.4. The van der Waals surface area contributed by atoms with Gasteiger partial charge in [0.05, 0.1) is 12.5 Å². The van der Waals surface area contributed by atoms with Crippen LogP contribution in [0.15, 0.2) is 11.6 Å². The minimum absolute atomic E-state index is 0.0267. The summed E-state index contributed by atoms with van der Waals surface area (Å²) in [5.41, 5.74) is 1.97. The van der Waals surface area contributed by atoms with Crippen molar-refractivity contribution < 1.29 is 14.3 Å². The summed E-state index contributed by atoms with van der Waals surface area (Å²) in [6, 6.07) is 0.312. The third-order valence-electron chi connectivity index (χ3n) is 11.7. The predicted octanol–water partition coefficient (Wildman–Crippen LogP) is 5.80. The topological polar surface area (TPSA) is 55.4 Å². The summed E-state index contributed by atoms with van der Waals surface area (Å²) in [5, 5.41) is 3.36. The highest BCUT2D eigenvalue weighted by Gasteiger charge is 2.67. The fourth-order valence-corrected chi connectivity index (χ4v) is 9.42. The third kappa shape index (κ3) is 2.73. The molecule has 32 heavy (non-hydrogen) atoms. The predicted molar refractivity (Wildman–Crippen MR) is 126 cm³/mol. The van der Waals surface area contributed by atoms with Crippen LogP contribution in [0.5, 0.6) is 0 Å². The smallest absolute Gasteiger partial charge is 0.312 e. The molecule has 1 amide bonds. The van der Waals surface area contributed by atoms with Gasteiger partial charge in [-0.25, -0.2) is 0 Å². The molecule has 4 nitrogen and oxygen atoms in total. The van der Waals surface area contributed by atoms with Crippen LogP contribution >= 0.6 is 0 Å². The summed E-state index contributed by atoms with van der Waals surface area (Å²) in [6.07, 6.45) is 12.7. The number of allylic oxidation sites excluding steroid dienone is 2. The number of amides is 1. The molecule has 4 aliphatic carbocycles. The molecular formula is C28H43NO3. The van der Waals surface area contributed by atoms with Crippen LogP contribution in [0.25, 0.3) is 0 Å². The highest BCUT2D eigenvalue weighted by atomic mass is 16.5. The maximum absolute atomic E-state index is 13.3. The van der Waals surface area contributed by atoms with Crippen LogP contribution in [-0.2, 0) is 14.3 Å². The molecule has 0 aromatic rings. The molecule has 0 unspecified atom stereocenters. The number of fused-ring (bicyclic) bond motifs is 7. The Morgan fingerprint density at radius 1 is 1.03 bits per heavy atom. The van der Waals surface area contributed by atoms with Crippen molar-refractivity contribution in [3.05, 3.63) is 11.6 Å². The van der Waals surface area contributed by atoms with Gasteiger partial charge >= 0.3 is 5.97 Å². The Morgan fingerprint density at radius 2 is 1.75 bits per heavy atom. The number of ether oxygens (including phenoxy) is 1. The van der Waals surface area contributed by atoms with Crippen LogP contribution in [0.1, 0.15) is 98.8 Å². The molecule has 4 heteroatoms. The summed E-state index contributed by atoms with van der Waals surface area (Å²) in [4.78, 5) is 25.4. The molecule has 5 rings (SSSR count). The Labute approximate surface area is 194 Å². The Kier molecular flexibility index (Phi) is 4.81. The zero-order chi connectivity index (χ0) is 23.2. The van der Waals surface area contributed by atoms with Gasteiger partial charge < -0.3 is 10.1 Å². The van der Waals surface area contributed by atoms with Crippen molar-refractivity contribution in [1.82, 2.24) is 5.32 Å². The van der Waals surface area contributed by atoms with E-state index in [1.165, 1.54) is 0 Å². The maximum atomic E-state index is 13.3. The second kappa shape index (κ2) is 6.85. The van der Waals surface area contributed by atoms with E-state index >= 15 is 0 Å². The van der Waals surface area contributed by atoms with E-state index in [4.69, 9.17) is 4.74 Å². The van der Waals surface area contributed by atoms with Crippen molar-refractivity contribution in [3.8, 4) is 0 Å². The fraction of sp³-hybridized carbons (Fsp3) is 0.857. The first-order valence-electron chi connectivity index (χ1n) is 13.0. The van der Waals surface area contributed by atoms with Gasteiger partial charge in [-0.05, 0) is 91.3 Å².